The van der Waals surface area contributed by atoms with Crippen molar-refractivity contribution in [1.29, 1.82) is 0 Å². The Hall–Kier alpha value is -2.17. The van der Waals surface area contributed by atoms with E-state index in [1.807, 2.05) is 0 Å². The Morgan fingerprint density at radius 3 is 2.43 bits per heavy atom. The molecule has 0 radical (unpaired) electrons. The highest BCUT2D eigenvalue weighted by Gasteiger charge is 2.20. The third-order valence-corrected chi connectivity index (χ3v) is 4.03. The van der Waals surface area contributed by atoms with E-state index in [0.717, 1.165) is 24.2 Å². The minimum Gasteiger partial charge on any atom is -0.390 e. The third-order valence-electron chi connectivity index (χ3n) is 4.03. The molecule has 0 fully saturated rings. The summed E-state index contributed by atoms with van der Waals surface area (Å²) in [6.45, 7) is 1.43. The van der Waals surface area contributed by atoms with Crippen molar-refractivity contribution in [1.82, 2.24) is 4.90 Å². The van der Waals surface area contributed by atoms with E-state index in [0.29, 0.717) is 6.54 Å². The fourth-order valence-corrected chi connectivity index (χ4v) is 2.85. The Balaban J connectivity index is 1.83. The minimum absolute atomic E-state index is 0.0190. The maximum atomic E-state index is 5.63. The number of nitrogens with two attached hydrogens (primary N) is 1. The van der Waals surface area contributed by atoms with Crippen molar-refractivity contribution in [2.45, 2.75) is 19.1 Å². The van der Waals surface area contributed by atoms with Crippen LogP contribution in [0.5, 0.6) is 0 Å². The van der Waals surface area contributed by atoms with Crippen molar-refractivity contribution in [2.75, 3.05) is 20.6 Å². The summed E-state index contributed by atoms with van der Waals surface area (Å²) in [6, 6.07) is 17.1. The van der Waals surface area contributed by atoms with Crippen LogP contribution in [0.3, 0.4) is 0 Å². The minimum atomic E-state index is 0.0190. The van der Waals surface area contributed by atoms with E-state index in [-0.39, 0.29) is 6.10 Å². The van der Waals surface area contributed by atoms with Gasteiger partial charge in [-0.3, -0.25) is 0 Å². The Bertz CT molecular complexity index is 692. The molecule has 1 unspecified atom stereocenters. The highest BCUT2D eigenvalue weighted by molar-refractivity contribution is 6.01. The fourth-order valence-electron chi connectivity index (χ4n) is 2.85. The number of benzene rings is 2. The molecule has 0 aromatic heterocycles. The first kappa shape index (κ1) is 15.7. The zero-order valence-electron chi connectivity index (χ0n) is 13.7. The first-order valence-corrected chi connectivity index (χ1v) is 7.93. The molecule has 0 bridgehead atoms. The Kier molecular flexibility index (Phi) is 4.74. The molecule has 1 heterocycles. The summed E-state index contributed by atoms with van der Waals surface area (Å²) in [7, 11) is 4.18. The van der Waals surface area contributed by atoms with Crippen LogP contribution in [0.15, 0.2) is 53.7 Å². The van der Waals surface area contributed by atoms with E-state index in [2.05, 4.69) is 72.7 Å². The van der Waals surface area contributed by atoms with Gasteiger partial charge in [-0.05, 0) is 36.3 Å². The molecular formula is C19H23N3O. The standard InChI is InChI=1S/C19H23N3O/c1-22(2)13-16-5-3-4-6-18(16)14-7-9-15(10-8-14)19-11-17(12-20)23-21-19/h3-10,17H,11-13,20H2,1-2H3. The quantitative estimate of drug-likeness (QED) is 0.924. The second kappa shape index (κ2) is 6.94. The van der Waals surface area contributed by atoms with Crippen LogP contribution in [0, 0.1) is 0 Å². The lowest BCUT2D eigenvalue weighted by atomic mass is 9.97. The molecule has 1 aliphatic rings. The molecule has 0 aliphatic carbocycles. The molecule has 120 valence electrons. The van der Waals surface area contributed by atoms with Gasteiger partial charge in [0.2, 0.25) is 0 Å². The van der Waals surface area contributed by atoms with Crippen LogP contribution in [0.1, 0.15) is 17.5 Å². The maximum absolute atomic E-state index is 5.63. The zero-order valence-corrected chi connectivity index (χ0v) is 13.7. The van der Waals surface area contributed by atoms with Gasteiger partial charge in [0.15, 0.2) is 0 Å². The van der Waals surface area contributed by atoms with Gasteiger partial charge in [-0.15, -0.1) is 0 Å². The van der Waals surface area contributed by atoms with Gasteiger partial charge in [-0.25, -0.2) is 0 Å². The molecule has 2 aromatic rings. The van der Waals surface area contributed by atoms with Crippen LogP contribution in [0.2, 0.25) is 0 Å². The number of rotatable bonds is 5. The van der Waals surface area contributed by atoms with Crippen LogP contribution in [-0.4, -0.2) is 37.4 Å². The van der Waals surface area contributed by atoms with Gasteiger partial charge < -0.3 is 15.5 Å². The first-order chi connectivity index (χ1) is 11.2. The molecule has 2 N–H and O–H groups in total. The highest BCUT2D eigenvalue weighted by Crippen LogP contribution is 2.26. The van der Waals surface area contributed by atoms with E-state index in [1.165, 1.54) is 16.7 Å². The summed E-state index contributed by atoms with van der Waals surface area (Å²) < 4.78 is 0. The van der Waals surface area contributed by atoms with Gasteiger partial charge in [0.05, 0.1) is 5.71 Å². The SMILES string of the molecule is CN(C)Cc1ccccc1-c1ccc(C2=NOC(CN)C2)cc1. The molecule has 1 atom stereocenters. The zero-order chi connectivity index (χ0) is 16.2. The van der Waals surface area contributed by atoms with E-state index in [1.54, 1.807) is 0 Å². The monoisotopic (exact) mass is 309 g/mol. The smallest absolute Gasteiger partial charge is 0.145 e. The van der Waals surface area contributed by atoms with Crippen LogP contribution in [0.25, 0.3) is 11.1 Å². The Morgan fingerprint density at radius 2 is 1.78 bits per heavy atom. The Labute approximate surface area is 137 Å². The lowest BCUT2D eigenvalue weighted by Crippen LogP contribution is -2.20. The lowest BCUT2D eigenvalue weighted by Gasteiger charge is -2.14. The van der Waals surface area contributed by atoms with Gasteiger partial charge in [-0.2, -0.15) is 0 Å². The molecule has 1 aliphatic heterocycles. The fraction of sp³-hybridized carbons (Fsp3) is 0.316. The van der Waals surface area contributed by atoms with E-state index >= 15 is 0 Å². The van der Waals surface area contributed by atoms with Crippen molar-refractivity contribution in [3.05, 3.63) is 59.7 Å². The summed E-state index contributed by atoms with van der Waals surface area (Å²) in [5.74, 6) is 0. The van der Waals surface area contributed by atoms with Gasteiger partial charge in [0, 0.05) is 19.5 Å². The molecule has 2 aromatic carbocycles. The largest absolute Gasteiger partial charge is 0.390 e. The van der Waals surface area contributed by atoms with E-state index in [4.69, 9.17) is 10.6 Å². The van der Waals surface area contributed by atoms with Gasteiger partial charge in [-0.1, -0.05) is 53.7 Å². The summed E-state index contributed by atoms with van der Waals surface area (Å²) in [6.07, 6.45) is 0.804. The Morgan fingerprint density at radius 1 is 1.09 bits per heavy atom. The summed E-state index contributed by atoms with van der Waals surface area (Å²) in [5.41, 5.74) is 11.5. The molecule has 0 saturated carbocycles. The number of hydrogen-bond acceptors (Lipinski definition) is 4. The summed E-state index contributed by atoms with van der Waals surface area (Å²) in [4.78, 5) is 7.49. The second-order valence-corrected chi connectivity index (χ2v) is 6.18. The third kappa shape index (κ3) is 3.60. The molecule has 0 spiro atoms. The van der Waals surface area contributed by atoms with Crippen molar-refractivity contribution < 1.29 is 4.84 Å². The van der Waals surface area contributed by atoms with Gasteiger partial charge >= 0.3 is 0 Å². The molecular weight excluding hydrogens is 286 g/mol. The van der Waals surface area contributed by atoms with Crippen LogP contribution >= 0.6 is 0 Å². The van der Waals surface area contributed by atoms with E-state index < -0.39 is 0 Å². The summed E-state index contributed by atoms with van der Waals surface area (Å²) in [5, 5.41) is 4.15. The average Bonchev–Trinajstić information content (AvgIpc) is 3.04. The number of nitrogens with zero attached hydrogens (tertiary/aromatic N) is 2. The lowest BCUT2D eigenvalue weighted by molar-refractivity contribution is 0.0918. The summed E-state index contributed by atoms with van der Waals surface area (Å²) >= 11 is 0. The predicted molar refractivity (Wildman–Crippen MR) is 94.4 cm³/mol. The predicted octanol–water partition coefficient (Wildman–Crippen LogP) is 2.87. The first-order valence-electron chi connectivity index (χ1n) is 7.93. The molecule has 23 heavy (non-hydrogen) atoms. The second-order valence-electron chi connectivity index (χ2n) is 6.18. The van der Waals surface area contributed by atoms with Crippen molar-refractivity contribution >= 4 is 5.71 Å². The molecule has 0 saturated heterocycles. The molecule has 4 nitrogen and oxygen atoms in total. The van der Waals surface area contributed by atoms with E-state index in [9.17, 15) is 0 Å². The van der Waals surface area contributed by atoms with Crippen LogP contribution in [-0.2, 0) is 11.4 Å². The molecule has 0 amide bonds. The van der Waals surface area contributed by atoms with Gasteiger partial charge in [0.25, 0.3) is 0 Å². The van der Waals surface area contributed by atoms with Crippen molar-refractivity contribution in [2.24, 2.45) is 10.9 Å². The maximum Gasteiger partial charge on any atom is 0.145 e. The topological polar surface area (TPSA) is 50.8 Å². The molecule has 4 heteroatoms. The number of oxime groups is 1. The van der Waals surface area contributed by atoms with Crippen molar-refractivity contribution in [3.63, 3.8) is 0 Å². The van der Waals surface area contributed by atoms with Crippen LogP contribution < -0.4 is 5.73 Å². The highest BCUT2D eigenvalue weighted by atomic mass is 16.6. The van der Waals surface area contributed by atoms with Crippen molar-refractivity contribution in [3.8, 4) is 11.1 Å². The molecule has 3 rings (SSSR count). The number of hydrogen-bond donors (Lipinski definition) is 1. The normalized spacial score (nSPS) is 17.2. The van der Waals surface area contributed by atoms with Crippen LogP contribution in [0.4, 0.5) is 0 Å². The van der Waals surface area contributed by atoms with Gasteiger partial charge in [0.1, 0.15) is 6.10 Å². The average molecular weight is 309 g/mol.